The molecule has 0 saturated carbocycles. The molecule has 1 aromatic carbocycles. The van der Waals surface area contributed by atoms with E-state index in [1.165, 1.54) is 0 Å². The van der Waals surface area contributed by atoms with Crippen molar-refractivity contribution in [2.75, 3.05) is 7.11 Å². The van der Waals surface area contributed by atoms with Crippen LogP contribution in [0.5, 0.6) is 0 Å². The largest absolute Gasteiger partial charge is 1.00 e. The summed E-state index contributed by atoms with van der Waals surface area (Å²) in [6.45, 7) is 0. The van der Waals surface area contributed by atoms with E-state index in [0.717, 1.165) is 12.7 Å². The monoisotopic (exact) mass is 249 g/mol. The predicted octanol–water partition coefficient (Wildman–Crippen LogP) is -2.12. The Morgan fingerprint density at radius 2 is 2.00 bits per heavy atom. The van der Waals surface area contributed by atoms with Crippen molar-refractivity contribution in [1.29, 1.82) is 0 Å². The summed E-state index contributed by atoms with van der Waals surface area (Å²) in [5, 5.41) is 10.9. The van der Waals surface area contributed by atoms with Crippen LogP contribution in [-0.4, -0.2) is 18.7 Å². The van der Waals surface area contributed by atoms with Gasteiger partial charge in [-0.25, -0.2) is 4.79 Å². The van der Waals surface area contributed by atoms with Gasteiger partial charge in [-0.15, -0.1) is 0 Å². The number of hydrogen-bond acceptors (Lipinski definition) is 4. The van der Waals surface area contributed by atoms with Gasteiger partial charge in [-0.2, -0.15) is 0 Å². The number of hydrogen-bond donors (Lipinski definition) is 0. The fourth-order valence-electron chi connectivity index (χ4n) is 1.06. The second-order valence-electron chi connectivity index (χ2n) is 2.92. The fraction of sp³-hybridized carbons (Fsp3) is 0.300. The Hall–Kier alpha value is -0.0900. The van der Waals surface area contributed by atoms with Crippen LogP contribution < -0.4 is 34.7 Å². The summed E-state index contributed by atoms with van der Waals surface area (Å²) in [5.74, 6) is 0. The molecule has 0 amide bonds. The van der Waals surface area contributed by atoms with Crippen LogP contribution in [-0.2, 0) is 20.5 Å². The third kappa shape index (κ3) is 4.83. The fourth-order valence-corrected chi connectivity index (χ4v) is 1.83. The molecular weight excluding hydrogens is 238 g/mol. The van der Waals surface area contributed by atoms with Crippen molar-refractivity contribution in [3.8, 4) is 0 Å². The van der Waals surface area contributed by atoms with Crippen LogP contribution >= 0.6 is 7.80 Å². The van der Waals surface area contributed by atoms with Gasteiger partial charge in [0.25, 0.3) is 0 Å². The van der Waals surface area contributed by atoms with E-state index >= 15 is 0 Å². The van der Waals surface area contributed by atoms with Crippen molar-refractivity contribution in [3.63, 3.8) is 0 Å². The van der Waals surface area contributed by atoms with Gasteiger partial charge in [-0.05, 0) is 5.56 Å². The van der Waals surface area contributed by atoms with Gasteiger partial charge < -0.3 is 9.84 Å². The zero-order valence-electron chi connectivity index (χ0n) is 9.25. The second-order valence-corrected chi connectivity index (χ2v) is 4.50. The first-order chi connectivity index (χ1) is 7.15. The molecule has 2 unspecified atom stereocenters. The molecule has 0 bridgehead atoms. The van der Waals surface area contributed by atoms with E-state index in [0.29, 0.717) is 0 Å². The minimum Gasteiger partial charge on any atom is -0.790 e. The first-order valence-corrected chi connectivity index (χ1v) is 5.69. The summed E-state index contributed by atoms with van der Waals surface area (Å²) in [6, 6.07) is 7.11. The van der Waals surface area contributed by atoms with E-state index in [2.05, 4.69) is 4.74 Å². The van der Waals surface area contributed by atoms with E-state index in [-0.39, 0.29) is 36.0 Å². The third-order valence-corrected chi connectivity index (χ3v) is 3.08. The van der Waals surface area contributed by atoms with E-state index in [4.69, 9.17) is 0 Å². The van der Waals surface area contributed by atoms with Crippen LogP contribution in [0.4, 0.5) is 0 Å². The second kappa shape index (κ2) is 8.07. The molecule has 80 valence electrons. The van der Waals surface area contributed by atoms with E-state index < -0.39 is 19.4 Å². The Balaban J connectivity index is 0.00000225. The number of rotatable bonds is 5. The number of methoxy groups -OCH3 is 1. The maximum Gasteiger partial charge on any atom is 1.00 e. The summed E-state index contributed by atoms with van der Waals surface area (Å²) in [5.41, 5.74) is 0.173. The topological polar surface area (TPSA) is 66.4 Å². The molecule has 2 atom stereocenters. The molecule has 4 nitrogen and oxygen atoms in total. The summed E-state index contributed by atoms with van der Waals surface area (Å²) in [7, 11) is -1.35. The van der Waals surface area contributed by atoms with Crippen LogP contribution in [0.3, 0.4) is 0 Å². The Bertz CT molecular complexity index is 355. The van der Waals surface area contributed by atoms with E-state index in [1.807, 2.05) is 6.07 Å². The number of ether oxygens (including phenoxy) is 1. The van der Waals surface area contributed by atoms with Crippen molar-refractivity contribution >= 4 is 13.3 Å². The first-order valence-electron chi connectivity index (χ1n) is 4.37. The average molecular weight is 249 g/mol. The molecule has 0 aliphatic rings. The van der Waals surface area contributed by atoms with Gasteiger partial charge in [0.2, 0.25) is 6.03 Å². The van der Waals surface area contributed by atoms with Crippen LogP contribution in [0, 0.1) is 0 Å². The first kappa shape index (κ1) is 15.9. The normalized spacial score (nSPS) is 12.5. The maximum absolute atomic E-state index is 11.3. The van der Waals surface area contributed by atoms with Crippen molar-refractivity contribution < 1.29 is 48.8 Å². The van der Waals surface area contributed by atoms with Gasteiger partial charge in [0.15, 0.2) is 0 Å². The molecule has 0 aliphatic heterocycles. The number of carbonyl (C=O) groups excluding carboxylic acids is 1. The van der Waals surface area contributed by atoms with Crippen molar-refractivity contribution in [2.45, 2.75) is 12.5 Å². The van der Waals surface area contributed by atoms with Crippen LogP contribution in [0.1, 0.15) is 5.56 Å². The molecule has 0 heterocycles. The Morgan fingerprint density at radius 1 is 1.44 bits per heavy atom. The SMILES string of the molecule is COC([O-])[P+](=O)C(=O)Cc1ccccc1.[Na+]. The summed E-state index contributed by atoms with van der Waals surface area (Å²) in [4.78, 5) is 11.3. The standard InChI is InChI=1S/C10H11O4P.Na/c1-14-10(12)15(13)9(11)7-8-5-3-2-4-6-8;/h2-6,10H,7H2,1H3;/q;+1. The molecular formula is C10H11NaO4P+. The molecule has 16 heavy (non-hydrogen) atoms. The molecule has 0 saturated heterocycles. The van der Waals surface area contributed by atoms with Crippen molar-refractivity contribution in [2.24, 2.45) is 0 Å². The van der Waals surface area contributed by atoms with Gasteiger partial charge in [0, 0.05) is 7.11 Å². The molecule has 0 aliphatic carbocycles. The molecule has 0 aromatic heterocycles. The average Bonchev–Trinajstić information content (AvgIpc) is 2.28. The van der Waals surface area contributed by atoms with Gasteiger partial charge in [0.05, 0.1) is 6.42 Å². The Labute approximate surface area is 117 Å². The maximum atomic E-state index is 11.3. The zero-order chi connectivity index (χ0) is 11.3. The minimum atomic E-state index is -2.49. The number of carbonyl (C=O) groups is 1. The predicted molar refractivity (Wildman–Crippen MR) is 53.6 cm³/mol. The van der Waals surface area contributed by atoms with E-state index in [9.17, 15) is 14.5 Å². The van der Waals surface area contributed by atoms with Gasteiger partial charge in [-0.1, -0.05) is 34.9 Å². The smallest absolute Gasteiger partial charge is 0.790 e. The zero-order valence-corrected chi connectivity index (χ0v) is 12.1. The summed E-state index contributed by atoms with van der Waals surface area (Å²) >= 11 is 0. The summed E-state index contributed by atoms with van der Waals surface area (Å²) < 4.78 is 15.6. The Morgan fingerprint density at radius 3 is 2.50 bits per heavy atom. The van der Waals surface area contributed by atoms with E-state index in [1.54, 1.807) is 24.3 Å². The van der Waals surface area contributed by atoms with Crippen LogP contribution in [0.2, 0.25) is 0 Å². The molecule has 0 N–H and O–H groups in total. The minimum absolute atomic E-state index is 0. The molecule has 6 heteroatoms. The number of benzene rings is 1. The van der Waals surface area contributed by atoms with Crippen LogP contribution in [0.25, 0.3) is 0 Å². The molecule has 0 spiro atoms. The van der Waals surface area contributed by atoms with Crippen molar-refractivity contribution in [1.82, 2.24) is 0 Å². The van der Waals surface area contributed by atoms with Gasteiger partial charge in [0.1, 0.15) is 0 Å². The van der Waals surface area contributed by atoms with Crippen molar-refractivity contribution in [3.05, 3.63) is 35.9 Å². The third-order valence-electron chi connectivity index (χ3n) is 1.84. The van der Waals surface area contributed by atoms with Crippen LogP contribution in [0.15, 0.2) is 30.3 Å². The molecule has 1 aromatic rings. The molecule has 0 fully saturated rings. The molecule has 1 rings (SSSR count). The Kier molecular flexibility index (Phi) is 8.02. The quantitative estimate of drug-likeness (QED) is 0.340. The van der Waals surface area contributed by atoms with Gasteiger partial charge >= 0.3 is 42.9 Å². The van der Waals surface area contributed by atoms with Gasteiger partial charge in [-0.3, -0.25) is 0 Å². The molecule has 0 radical (unpaired) electrons. The summed E-state index contributed by atoms with van der Waals surface area (Å²) in [6.07, 6.45) is 0.0120.